The Morgan fingerprint density at radius 3 is 2.33 bits per heavy atom. The van der Waals surface area contributed by atoms with Gasteiger partial charge in [-0.1, -0.05) is 0 Å². The summed E-state index contributed by atoms with van der Waals surface area (Å²) in [6.45, 7) is 1.03. The van der Waals surface area contributed by atoms with Crippen molar-refractivity contribution in [2.24, 2.45) is 0 Å². The highest BCUT2D eigenvalue weighted by molar-refractivity contribution is 6.22. The first kappa shape index (κ1) is 13.7. The zero-order valence-electron chi connectivity index (χ0n) is 9.67. The van der Waals surface area contributed by atoms with E-state index in [-0.39, 0.29) is 0 Å². The van der Waals surface area contributed by atoms with E-state index in [0.717, 1.165) is 14.0 Å². The van der Waals surface area contributed by atoms with Gasteiger partial charge in [-0.15, -0.1) is 0 Å². The van der Waals surface area contributed by atoms with Gasteiger partial charge < -0.3 is 14.9 Å². The highest BCUT2D eigenvalue weighted by atomic mass is 16.5. The highest BCUT2D eigenvalue weighted by Crippen LogP contribution is 2.27. The Hall–Kier alpha value is -2.38. The smallest absolute Gasteiger partial charge is 0.347 e. The average Bonchev–Trinajstić information content (AvgIpc) is 2.49. The van der Waals surface area contributed by atoms with Crippen molar-refractivity contribution in [3.05, 3.63) is 11.3 Å². The first-order valence-electron chi connectivity index (χ1n) is 4.88. The normalized spacial score (nSPS) is 19.1. The molecule has 0 saturated heterocycles. The molecule has 18 heavy (non-hydrogen) atoms. The van der Waals surface area contributed by atoms with Gasteiger partial charge in [-0.05, 0) is 0 Å². The lowest BCUT2D eigenvalue weighted by atomic mass is 10.1. The average molecular weight is 257 g/mol. The molecule has 1 rings (SSSR count). The number of hydrogen-bond donors (Lipinski definition) is 2. The molecule has 1 aliphatic rings. The quantitative estimate of drug-likeness (QED) is 0.501. The largest absolute Gasteiger partial charge is 0.509 e. The summed E-state index contributed by atoms with van der Waals surface area (Å²) >= 11 is 0. The second-order valence-electron chi connectivity index (χ2n) is 3.56. The molecule has 2 amide bonds. The molecule has 0 bridgehead atoms. The minimum absolute atomic E-state index is 0.524. The monoisotopic (exact) mass is 257 g/mol. The number of aliphatic carboxylic acids is 1. The van der Waals surface area contributed by atoms with E-state index in [9.17, 15) is 24.3 Å². The van der Waals surface area contributed by atoms with Gasteiger partial charge in [0.15, 0.2) is 5.57 Å². The molecule has 98 valence electrons. The fraction of sp³-hybridized carbons (Fsp3) is 0.400. The number of rotatable bonds is 3. The topological polar surface area (TPSA) is 121 Å². The lowest BCUT2D eigenvalue weighted by Crippen LogP contribution is -2.41. The van der Waals surface area contributed by atoms with Crippen molar-refractivity contribution in [2.75, 3.05) is 7.11 Å². The first-order chi connectivity index (χ1) is 8.31. The number of carbonyl (C=O) groups excluding carboxylic acids is 3. The summed E-state index contributed by atoms with van der Waals surface area (Å²) in [6, 6.07) is -1.37. The summed E-state index contributed by atoms with van der Waals surface area (Å²) in [5.74, 6) is -5.02. The predicted octanol–water partition coefficient (Wildman–Crippen LogP) is -0.796. The van der Waals surface area contributed by atoms with E-state index in [0.29, 0.717) is 4.90 Å². The molecular formula is C10H11NO7. The van der Waals surface area contributed by atoms with Crippen LogP contribution in [0, 0.1) is 0 Å². The van der Waals surface area contributed by atoms with Crippen molar-refractivity contribution in [1.82, 2.24) is 4.90 Å². The van der Waals surface area contributed by atoms with Crippen LogP contribution in [0.5, 0.6) is 0 Å². The number of carbonyl (C=O) groups is 4. The predicted molar refractivity (Wildman–Crippen MR) is 55.2 cm³/mol. The maximum Gasteiger partial charge on any atom is 0.347 e. The number of aliphatic hydroxyl groups excluding tert-OH is 1. The van der Waals surface area contributed by atoms with Crippen LogP contribution in [0.1, 0.15) is 13.3 Å². The van der Waals surface area contributed by atoms with Crippen molar-refractivity contribution in [2.45, 2.75) is 19.4 Å². The first-order valence-corrected chi connectivity index (χ1v) is 4.88. The number of esters is 1. The maximum atomic E-state index is 11.7. The summed E-state index contributed by atoms with van der Waals surface area (Å²) < 4.78 is 4.29. The molecule has 2 N–H and O–H groups in total. The third kappa shape index (κ3) is 2.17. The summed E-state index contributed by atoms with van der Waals surface area (Å²) in [5, 5.41) is 18.3. The number of carboxylic acid groups (broad SMARTS) is 1. The molecule has 8 heteroatoms. The number of carboxylic acids is 1. The van der Waals surface area contributed by atoms with Crippen LogP contribution < -0.4 is 0 Å². The van der Waals surface area contributed by atoms with Crippen LogP contribution in [-0.4, -0.2) is 52.0 Å². The summed E-state index contributed by atoms with van der Waals surface area (Å²) in [7, 11) is 0.999. The van der Waals surface area contributed by atoms with Gasteiger partial charge in [0.25, 0.3) is 5.91 Å². The van der Waals surface area contributed by atoms with Crippen molar-refractivity contribution in [3.8, 4) is 0 Å². The van der Waals surface area contributed by atoms with Gasteiger partial charge in [-0.3, -0.25) is 19.3 Å². The van der Waals surface area contributed by atoms with Gasteiger partial charge in [0.2, 0.25) is 5.91 Å². The number of aliphatic hydroxyl groups is 1. The van der Waals surface area contributed by atoms with Gasteiger partial charge in [-0.2, -0.15) is 0 Å². The Kier molecular flexibility index (Phi) is 3.70. The number of ether oxygens (including phenoxy) is 1. The molecule has 0 aromatic rings. The fourth-order valence-corrected chi connectivity index (χ4v) is 1.67. The van der Waals surface area contributed by atoms with E-state index in [1.54, 1.807) is 0 Å². The van der Waals surface area contributed by atoms with Crippen LogP contribution in [0.25, 0.3) is 0 Å². The minimum Gasteiger partial charge on any atom is -0.509 e. The Morgan fingerprint density at radius 2 is 1.94 bits per heavy atom. The molecule has 8 nitrogen and oxygen atoms in total. The third-order valence-corrected chi connectivity index (χ3v) is 2.41. The minimum atomic E-state index is -1.37. The third-order valence-electron chi connectivity index (χ3n) is 2.41. The molecule has 0 aromatic heterocycles. The van der Waals surface area contributed by atoms with Crippen LogP contribution in [0.2, 0.25) is 0 Å². The van der Waals surface area contributed by atoms with Gasteiger partial charge in [-0.25, -0.2) is 4.79 Å². The van der Waals surface area contributed by atoms with Gasteiger partial charge >= 0.3 is 11.9 Å². The lowest BCUT2D eigenvalue weighted by Gasteiger charge is -2.20. The Bertz CT molecular complexity index is 465. The zero-order chi connectivity index (χ0) is 14.0. The van der Waals surface area contributed by atoms with E-state index in [2.05, 4.69) is 4.74 Å². The van der Waals surface area contributed by atoms with Gasteiger partial charge in [0.05, 0.1) is 13.5 Å². The van der Waals surface area contributed by atoms with Crippen LogP contribution in [-0.2, 0) is 23.9 Å². The van der Waals surface area contributed by atoms with Crippen molar-refractivity contribution in [3.63, 3.8) is 0 Å². The number of imide groups is 1. The molecular weight excluding hydrogens is 246 g/mol. The van der Waals surface area contributed by atoms with E-state index < -0.39 is 47.5 Å². The summed E-state index contributed by atoms with van der Waals surface area (Å²) in [6.07, 6.45) is -0.683. The number of hydrogen-bond acceptors (Lipinski definition) is 6. The molecule has 0 unspecified atom stereocenters. The zero-order valence-corrected chi connectivity index (χ0v) is 9.67. The van der Waals surface area contributed by atoms with Gasteiger partial charge in [0.1, 0.15) is 11.8 Å². The molecule has 0 radical (unpaired) electrons. The second-order valence-corrected chi connectivity index (χ2v) is 3.56. The van der Waals surface area contributed by atoms with Crippen LogP contribution >= 0.6 is 0 Å². The van der Waals surface area contributed by atoms with E-state index in [1.165, 1.54) is 0 Å². The molecule has 1 aliphatic heterocycles. The molecule has 0 spiro atoms. The van der Waals surface area contributed by atoms with Crippen molar-refractivity contribution >= 4 is 23.8 Å². The molecule has 1 heterocycles. The Balaban J connectivity index is 3.23. The molecule has 0 aromatic carbocycles. The van der Waals surface area contributed by atoms with Crippen molar-refractivity contribution in [1.29, 1.82) is 0 Å². The SMILES string of the molecule is COC(=O)C1=C(O)[C@H](CC(=O)O)N(C(C)=O)C1=O. The van der Waals surface area contributed by atoms with E-state index >= 15 is 0 Å². The van der Waals surface area contributed by atoms with E-state index in [4.69, 9.17) is 5.11 Å². The molecule has 0 saturated carbocycles. The van der Waals surface area contributed by atoms with Crippen LogP contribution in [0.3, 0.4) is 0 Å². The Morgan fingerprint density at radius 1 is 1.39 bits per heavy atom. The maximum absolute atomic E-state index is 11.7. The lowest BCUT2D eigenvalue weighted by molar-refractivity contribution is -0.145. The molecule has 1 atom stereocenters. The second kappa shape index (κ2) is 4.86. The van der Waals surface area contributed by atoms with Gasteiger partial charge in [0, 0.05) is 6.92 Å². The Labute approximate surface area is 101 Å². The number of amides is 2. The number of methoxy groups -OCH3 is 1. The van der Waals surface area contributed by atoms with Crippen molar-refractivity contribution < 1.29 is 34.1 Å². The molecule has 0 fully saturated rings. The summed E-state index contributed by atoms with van der Waals surface area (Å²) in [4.78, 5) is 45.4. The standard InChI is InChI=1S/C10H11NO7/c1-4(12)11-5(3-6(13)14)8(15)7(9(11)16)10(17)18-2/h5,15H,3H2,1-2H3,(H,13,14)/t5-/m0/s1. The van der Waals surface area contributed by atoms with Crippen LogP contribution in [0.15, 0.2) is 11.3 Å². The van der Waals surface area contributed by atoms with Crippen LogP contribution in [0.4, 0.5) is 0 Å². The van der Waals surface area contributed by atoms with E-state index in [1.807, 2.05) is 0 Å². The molecule has 0 aliphatic carbocycles. The summed E-state index contributed by atoms with van der Waals surface area (Å²) in [5.41, 5.74) is -0.709. The number of nitrogens with zero attached hydrogens (tertiary/aromatic N) is 1. The fourth-order valence-electron chi connectivity index (χ4n) is 1.67. The highest BCUT2D eigenvalue weighted by Gasteiger charge is 2.46.